The van der Waals surface area contributed by atoms with Gasteiger partial charge in [-0.25, -0.2) is 4.79 Å². The highest BCUT2D eigenvalue weighted by Gasteiger charge is 2.14. The van der Waals surface area contributed by atoms with E-state index in [1.54, 1.807) is 31.2 Å². The Balaban J connectivity index is 1.85. The van der Waals surface area contributed by atoms with E-state index in [1.165, 1.54) is 18.4 Å². The minimum absolute atomic E-state index is 0.0183. The van der Waals surface area contributed by atoms with E-state index in [0.29, 0.717) is 11.3 Å². The third-order valence-corrected chi connectivity index (χ3v) is 3.26. The highest BCUT2D eigenvalue weighted by molar-refractivity contribution is 5.74. The molecule has 130 valence electrons. The van der Waals surface area contributed by atoms with Crippen LogP contribution in [0.4, 0.5) is 13.6 Å². The Bertz CT molecular complexity index is 649. The molecule has 2 atom stereocenters. The molecule has 1 heterocycles. The number of rotatable bonds is 7. The van der Waals surface area contributed by atoms with Crippen LogP contribution in [0.15, 0.2) is 47.1 Å². The predicted octanol–water partition coefficient (Wildman–Crippen LogP) is 2.97. The molecular weight excluding hydrogens is 322 g/mol. The fourth-order valence-corrected chi connectivity index (χ4v) is 2.06. The zero-order valence-electron chi connectivity index (χ0n) is 12.9. The Morgan fingerprint density at radius 3 is 2.79 bits per heavy atom. The van der Waals surface area contributed by atoms with Crippen LogP contribution in [0, 0.1) is 0 Å². The lowest BCUT2D eigenvalue weighted by molar-refractivity contribution is -0.0499. The number of urea groups is 1. The molecule has 0 spiro atoms. The van der Waals surface area contributed by atoms with E-state index >= 15 is 0 Å². The van der Waals surface area contributed by atoms with Crippen molar-refractivity contribution in [1.82, 2.24) is 10.6 Å². The third-order valence-electron chi connectivity index (χ3n) is 3.26. The standard InChI is InChI=1S/C16H18F2N2O4/c1-10(11-4-2-5-12(8-11)24-15(17)18)20-16(22)19-9-13(21)14-6-3-7-23-14/h2-8,10,13,15,21H,9H2,1H3,(H2,19,20,22). The van der Waals surface area contributed by atoms with Crippen LogP contribution in [-0.4, -0.2) is 24.3 Å². The summed E-state index contributed by atoms with van der Waals surface area (Å²) in [7, 11) is 0. The summed E-state index contributed by atoms with van der Waals surface area (Å²) in [6, 6.07) is 8.36. The molecule has 8 heteroatoms. The van der Waals surface area contributed by atoms with Crippen molar-refractivity contribution in [3.05, 3.63) is 54.0 Å². The van der Waals surface area contributed by atoms with E-state index in [-0.39, 0.29) is 12.3 Å². The van der Waals surface area contributed by atoms with Crippen molar-refractivity contribution < 1.29 is 27.8 Å². The average molecular weight is 340 g/mol. The number of amides is 2. The topological polar surface area (TPSA) is 83.7 Å². The number of carbonyl (C=O) groups is 1. The maximum Gasteiger partial charge on any atom is 0.387 e. The number of furan rings is 1. The molecule has 6 nitrogen and oxygen atoms in total. The Labute approximate surface area is 137 Å². The van der Waals surface area contributed by atoms with Crippen LogP contribution < -0.4 is 15.4 Å². The van der Waals surface area contributed by atoms with Crippen LogP contribution in [0.3, 0.4) is 0 Å². The Morgan fingerprint density at radius 2 is 2.12 bits per heavy atom. The summed E-state index contributed by atoms with van der Waals surface area (Å²) in [5.41, 5.74) is 0.606. The van der Waals surface area contributed by atoms with Gasteiger partial charge < -0.3 is 24.9 Å². The molecule has 0 bridgehead atoms. The Kier molecular flexibility index (Phi) is 6.14. The summed E-state index contributed by atoms with van der Waals surface area (Å²) in [6.07, 6.45) is 0.471. The first-order valence-corrected chi connectivity index (χ1v) is 7.26. The molecule has 24 heavy (non-hydrogen) atoms. The summed E-state index contributed by atoms with van der Waals surface area (Å²) < 4.78 is 33.8. The lowest BCUT2D eigenvalue weighted by atomic mass is 10.1. The SMILES string of the molecule is CC(NC(=O)NCC(O)c1ccco1)c1cccc(OC(F)F)c1. The highest BCUT2D eigenvalue weighted by Crippen LogP contribution is 2.20. The number of benzene rings is 1. The zero-order valence-corrected chi connectivity index (χ0v) is 12.9. The van der Waals surface area contributed by atoms with Gasteiger partial charge in [-0.3, -0.25) is 0 Å². The number of nitrogens with one attached hydrogen (secondary N) is 2. The van der Waals surface area contributed by atoms with Crippen LogP contribution in [-0.2, 0) is 0 Å². The van der Waals surface area contributed by atoms with Crippen LogP contribution in [0.2, 0.25) is 0 Å². The van der Waals surface area contributed by atoms with Crippen molar-refractivity contribution in [2.45, 2.75) is 25.7 Å². The number of hydrogen-bond donors (Lipinski definition) is 3. The van der Waals surface area contributed by atoms with E-state index in [4.69, 9.17) is 4.42 Å². The summed E-state index contributed by atoms with van der Waals surface area (Å²) in [5.74, 6) is 0.366. The molecule has 1 aromatic carbocycles. The maximum absolute atomic E-state index is 12.2. The van der Waals surface area contributed by atoms with Gasteiger partial charge in [0.2, 0.25) is 0 Å². The molecule has 0 saturated carbocycles. The molecule has 1 aromatic heterocycles. The van der Waals surface area contributed by atoms with Gasteiger partial charge in [-0.2, -0.15) is 8.78 Å². The first-order valence-electron chi connectivity index (χ1n) is 7.26. The average Bonchev–Trinajstić information content (AvgIpc) is 3.06. The zero-order chi connectivity index (χ0) is 17.5. The monoisotopic (exact) mass is 340 g/mol. The number of alkyl halides is 2. The van der Waals surface area contributed by atoms with Crippen molar-refractivity contribution in [2.24, 2.45) is 0 Å². The number of hydrogen-bond acceptors (Lipinski definition) is 4. The Morgan fingerprint density at radius 1 is 1.33 bits per heavy atom. The van der Waals surface area contributed by atoms with Gasteiger partial charge in [0.1, 0.15) is 17.6 Å². The van der Waals surface area contributed by atoms with Gasteiger partial charge in [-0.1, -0.05) is 12.1 Å². The number of aliphatic hydroxyl groups excluding tert-OH is 1. The molecule has 0 aliphatic rings. The Hall–Kier alpha value is -2.61. The molecule has 2 rings (SSSR count). The molecule has 0 radical (unpaired) electrons. The van der Waals surface area contributed by atoms with Crippen molar-refractivity contribution in [3.8, 4) is 5.75 Å². The van der Waals surface area contributed by atoms with Crippen LogP contribution in [0.5, 0.6) is 5.75 Å². The van der Waals surface area contributed by atoms with Crippen molar-refractivity contribution in [1.29, 1.82) is 0 Å². The summed E-state index contributed by atoms with van der Waals surface area (Å²) in [5, 5.41) is 15.0. The third kappa shape index (κ3) is 5.24. The normalized spacial score (nSPS) is 13.4. The van der Waals surface area contributed by atoms with Crippen LogP contribution in [0.1, 0.15) is 30.4 Å². The second-order valence-corrected chi connectivity index (χ2v) is 5.06. The summed E-state index contributed by atoms with van der Waals surface area (Å²) in [4.78, 5) is 11.8. The molecule has 2 amide bonds. The second kappa shape index (κ2) is 8.30. The molecular formula is C16H18F2N2O4. The number of aliphatic hydroxyl groups is 1. The minimum atomic E-state index is -2.91. The molecule has 0 fully saturated rings. The minimum Gasteiger partial charge on any atom is -0.467 e. The fourth-order valence-electron chi connectivity index (χ4n) is 2.06. The van der Waals surface area contributed by atoms with Gasteiger partial charge in [0.15, 0.2) is 0 Å². The van der Waals surface area contributed by atoms with Gasteiger partial charge in [0.25, 0.3) is 0 Å². The molecule has 0 aliphatic carbocycles. The summed E-state index contributed by atoms with van der Waals surface area (Å²) >= 11 is 0. The van der Waals surface area contributed by atoms with Gasteiger partial charge in [-0.15, -0.1) is 0 Å². The molecule has 2 aromatic rings. The quantitative estimate of drug-likeness (QED) is 0.723. The van der Waals surface area contributed by atoms with E-state index in [9.17, 15) is 18.7 Å². The van der Waals surface area contributed by atoms with Crippen molar-refractivity contribution >= 4 is 6.03 Å². The lowest BCUT2D eigenvalue weighted by Gasteiger charge is -2.17. The highest BCUT2D eigenvalue weighted by atomic mass is 19.3. The van der Waals surface area contributed by atoms with E-state index in [0.717, 1.165) is 0 Å². The van der Waals surface area contributed by atoms with E-state index in [2.05, 4.69) is 15.4 Å². The summed E-state index contributed by atoms with van der Waals surface area (Å²) in [6.45, 7) is -1.24. The number of carbonyl (C=O) groups excluding carboxylic acids is 1. The van der Waals surface area contributed by atoms with Gasteiger partial charge in [-0.05, 0) is 36.8 Å². The maximum atomic E-state index is 12.2. The van der Waals surface area contributed by atoms with E-state index in [1.807, 2.05) is 0 Å². The number of halogens is 2. The molecule has 2 unspecified atom stereocenters. The van der Waals surface area contributed by atoms with Crippen molar-refractivity contribution in [2.75, 3.05) is 6.54 Å². The predicted molar refractivity (Wildman–Crippen MR) is 81.7 cm³/mol. The van der Waals surface area contributed by atoms with Gasteiger partial charge >= 0.3 is 12.6 Å². The smallest absolute Gasteiger partial charge is 0.387 e. The van der Waals surface area contributed by atoms with Crippen LogP contribution >= 0.6 is 0 Å². The molecule has 0 aliphatic heterocycles. The van der Waals surface area contributed by atoms with E-state index < -0.39 is 24.8 Å². The molecule has 0 saturated heterocycles. The first-order chi connectivity index (χ1) is 11.5. The van der Waals surface area contributed by atoms with Crippen molar-refractivity contribution in [3.63, 3.8) is 0 Å². The fraction of sp³-hybridized carbons (Fsp3) is 0.312. The largest absolute Gasteiger partial charge is 0.467 e. The number of ether oxygens (including phenoxy) is 1. The van der Waals surface area contributed by atoms with Crippen LogP contribution in [0.25, 0.3) is 0 Å². The first kappa shape index (κ1) is 17.7. The second-order valence-electron chi connectivity index (χ2n) is 5.06. The van der Waals surface area contributed by atoms with Gasteiger partial charge in [0.05, 0.1) is 18.8 Å². The van der Waals surface area contributed by atoms with Gasteiger partial charge in [0, 0.05) is 0 Å². The molecule has 3 N–H and O–H groups in total. The lowest BCUT2D eigenvalue weighted by Crippen LogP contribution is -2.39.